The molecule has 2 bridgehead atoms. The number of fused-ring (bicyclic) bond motifs is 1. The van der Waals surface area contributed by atoms with Crippen molar-refractivity contribution in [2.75, 3.05) is 14.1 Å². The Kier molecular flexibility index (Phi) is 4.97. The fraction of sp³-hybridized carbons (Fsp3) is 0.522. The molecule has 5 rings (SSSR count). The van der Waals surface area contributed by atoms with E-state index in [0.29, 0.717) is 18.0 Å². The van der Waals surface area contributed by atoms with E-state index in [1.165, 1.54) is 5.69 Å². The zero-order valence-corrected chi connectivity index (χ0v) is 17.7. The van der Waals surface area contributed by atoms with E-state index in [9.17, 15) is 9.59 Å². The van der Waals surface area contributed by atoms with Gasteiger partial charge in [0.05, 0.1) is 5.92 Å². The third-order valence-corrected chi connectivity index (χ3v) is 6.65. The van der Waals surface area contributed by atoms with Crippen molar-refractivity contribution in [1.29, 1.82) is 0 Å². The number of hydrogen-bond acceptors (Lipinski definition) is 3. The summed E-state index contributed by atoms with van der Waals surface area (Å²) in [4.78, 5) is 26.9. The molecule has 6 heteroatoms. The van der Waals surface area contributed by atoms with Crippen LogP contribution in [0.2, 0.25) is 0 Å². The molecular weight excluding hydrogens is 364 g/mol. The van der Waals surface area contributed by atoms with Gasteiger partial charge in [0.2, 0.25) is 5.91 Å². The van der Waals surface area contributed by atoms with Crippen molar-refractivity contribution in [3.63, 3.8) is 0 Å². The van der Waals surface area contributed by atoms with Gasteiger partial charge < -0.3 is 10.2 Å². The molecule has 29 heavy (non-hydrogen) atoms. The first-order valence-electron chi connectivity index (χ1n) is 10.5. The first-order chi connectivity index (χ1) is 13.8. The number of nitrogens with one attached hydrogen (secondary N) is 1. The first-order valence-corrected chi connectivity index (χ1v) is 10.5. The van der Waals surface area contributed by atoms with Crippen LogP contribution in [0.25, 0.3) is 0 Å². The average Bonchev–Trinajstić information content (AvgIpc) is 3.40. The van der Waals surface area contributed by atoms with Crippen molar-refractivity contribution in [2.45, 2.75) is 51.1 Å². The molecule has 1 heterocycles. The molecule has 1 aromatic carbocycles. The molecule has 0 saturated heterocycles. The molecule has 6 nitrogen and oxygen atoms in total. The molecule has 3 aliphatic rings. The molecule has 0 aliphatic heterocycles. The minimum Gasteiger partial charge on any atom is -0.352 e. The summed E-state index contributed by atoms with van der Waals surface area (Å²) < 4.78 is 2.08. The molecule has 3 saturated carbocycles. The SMILES string of the molecule is CC(C)n1nccc1C12CCC(C1)C2C(=O)NCc1cccc(C(=O)N(C)C)c1. The van der Waals surface area contributed by atoms with E-state index in [0.717, 1.165) is 24.8 Å². The van der Waals surface area contributed by atoms with Crippen LogP contribution in [0.4, 0.5) is 0 Å². The number of hydrogen-bond donors (Lipinski definition) is 1. The highest BCUT2D eigenvalue weighted by atomic mass is 16.2. The Bertz CT molecular complexity index is 928. The van der Waals surface area contributed by atoms with Crippen LogP contribution in [0.5, 0.6) is 0 Å². The lowest BCUT2D eigenvalue weighted by molar-refractivity contribution is -0.133. The van der Waals surface area contributed by atoms with E-state index in [2.05, 4.69) is 35.0 Å². The van der Waals surface area contributed by atoms with Crippen LogP contribution in [0.15, 0.2) is 36.5 Å². The van der Waals surface area contributed by atoms with E-state index in [-0.39, 0.29) is 29.2 Å². The van der Waals surface area contributed by atoms with Gasteiger partial charge in [-0.1, -0.05) is 12.1 Å². The molecule has 1 aromatic heterocycles. The summed E-state index contributed by atoms with van der Waals surface area (Å²) in [6, 6.07) is 9.87. The molecule has 1 N–H and O–H groups in total. The van der Waals surface area contributed by atoms with Crippen molar-refractivity contribution in [1.82, 2.24) is 20.0 Å². The fourth-order valence-corrected chi connectivity index (χ4v) is 5.32. The third kappa shape index (κ3) is 3.24. The molecule has 3 atom stereocenters. The summed E-state index contributed by atoms with van der Waals surface area (Å²) in [5, 5.41) is 7.65. The predicted octanol–water partition coefficient (Wildman–Crippen LogP) is 3.15. The fourth-order valence-electron chi connectivity index (χ4n) is 5.32. The van der Waals surface area contributed by atoms with E-state index in [1.807, 2.05) is 30.5 Å². The van der Waals surface area contributed by atoms with Crippen LogP contribution in [0, 0.1) is 11.8 Å². The lowest BCUT2D eigenvalue weighted by Gasteiger charge is -2.46. The van der Waals surface area contributed by atoms with Crippen LogP contribution in [-0.2, 0) is 16.8 Å². The van der Waals surface area contributed by atoms with E-state index in [1.54, 1.807) is 19.0 Å². The van der Waals surface area contributed by atoms with Gasteiger partial charge >= 0.3 is 0 Å². The first kappa shape index (κ1) is 19.7. The maximum atomic E-state index is 13.2. The van der Waals surface area contributed by atoms with Gasteiger partial charge in [0.1, 0.15) is 0 Å². The number of carbonyl (C=O) groups excluding carboxylic acids is 2. The maximum absolute atomic E-state index is 13.2. The zero-order valence-electron chi connectivity index (χ0n) is 17.7. The molecule has 0 spiro atoms. The van der Waals surface area contributed by atoms with Crippen molar-refractivity contribution in [3.8, 4) is 0 Å². The predicted molar refractivity (Wildman–Crippen MR) is 111 cm³/mol. The largest absolute Gasteiger partial charge is 0.352 e. The second kappa shape index (κ2) is 7.32. The van der Waals surface area contributed by atoms with E-state index in [4.69, 9.17) is 0 Å². The highest BCUT2D eigenvalue weighted by Crippen LogP contribution is 2.64. The summed E-state index contributed by atoms with van der Waals surface area (Å²) in [5.41, 5.74) is 2.72. The van der Waals surface area contributed by atoms with Crippen LogP contribution in [0.3, 0.4) is 0 Å². The van der Waals surface area contributed by atoms with Crippen LogP contribution < -0.4 is 5.32 Å². The topological polar surface area (TPSA) is 67.2 Å². The third-order valence-electron chi connectivity index (χ3n) is 6.65. The minimum absolute atomic E-state index is 0.0169. The van der Waals surface area contributed by atoms with Crippen molar-refractivity contribution in [3.05, 3.63) is 53.3 Å². The summed E-state index contributed by atoms with van der Waals surface area (Å²) in [5.74, 6) is 0.575. The number of amides is 2. The van der Waals surface area contributed by atoms with Gasteiger partial charge in [0, 0.05) is 49.6 Å². The average molecular weight is 395 g/mol. The van der Waals surface area contributed by atoms with Crippen molar-refractivity contribution < 1.29 is 9.59 Å². The summed E-state index contributed by atoms with van der Waals surface area (Å²) >= 11 is 0. The molecule has 3 aliphatic carbocycles. The van der Waals surface area contributed by atoms with Gasteiger partial charge in [0.25, 0.3) is 5.91 Å². The molecule has 3 unspecified atom stereocenters. The molecule has 2 aromatic rings. The molecule has 3 fully saturated rings. The maximum Gasteiger partial charge on any atom is 0.253 e. The number of nitrogens with zero attached hydrogens (tertiary/aromatic N) is 3. The van der Waals surface area contributed by atoms with E-state index < -0.39 is 0 Å². The van der Waals surface area contributed by atoms with Gasteiger partial charge in [-0.2, -0.15) is 5.10 Å². The molecule has 2 amide bonds. The second-order valence-corrected chi connectivity index (χ2v) is 9.01. The standard InChI is InChI=1S/C23H30N4O2/c1-15(2)27-19(9-11-25-27)23-10-8-18(13-23)20(23)21(28)24-14-16-6-5-7-17(12-16)22(29)26(3)4/h5-7,9,11-12,15,18,20H,8,10,13-14H2,1-4H3,(H,24,28). The smallest absolute Gasteiger partial charge is 0.253 e. The molecular formula is C23H30N4O2. The monoisotopic (exact) mass is 394 g/mol. The lowest BCUT2D eigenvalue weighted by atomic mass is 9.58. The number of rotatable bonds is 6. The Balaban J connectivity index is 1.48. The number of carbonyl (C=O) groups is 2. The van der Waals surface area contributed by atoms with Gasteiger partial charge in [-0.05, 0) is 62.8 Å². The Morgan fingerprint density at radius 2 is 2.10 bits per heavy atom. The highest BCUT2D eigenvalue weighted by molar-refractivity contribution is 5.94. The zero-order chi connectivity index (χ0) is 20.8. The number of benzene rings is 1. The summed E-state index contributed by atoms with van der Waals surface area (Å²) in [6.45, 7) is 4.71. The van der Waals surface area contributed by atoms with Crippen LogP contribution in [-0.4, -0.2) is 40.6 Å². The lowest BCUT2D eigenvalue weighted by Crippen LogP contribution is -2.53. The molecule has 154 valence electrons. The van der Waals surface area contributed by atoms with Crippen LogP contribution >= 0.6 is 0 Å². The van der Waals surface area contributed by atoms with Crippen molar-refractivity contribution >= 4 is 11.8 Å². The normalized spacial score (nSPS) is 25.0. The Morgan fingerprint density at radius 1 is 1.31 bits per heavy atom. The van der Waals surface area contributed by atoms with Crippen molar-refractivity contribution in [2.24, 2.45) is 11.8 Å². The quantitative estimate of drug-likeness (QED) is 0.818. The number of aromatic nitrogens is 2. The Labute approximate surface area is 172 Å². The van der Waals surface area contributed by atoms with Gasteiger partial charge in [0.15, 0.2) is 0 Å². The van der Waals surface area contributed by atoms with Gasteiger partial charge in [-0.15, -0.1) is 0 Å². The van der Waals surface area contributed by atoms with Gasteiger partial charge in [-0.3, -0.25) is 14.3 Å². The second-order valence-electron chi connectivity index (χ2n) is 9.01. The summed E-state index contributed by atoms with van der Waals surface area (Å²) in [7, 11) is 3.48. The minimum atomic E-state index is -0.0712. The highest BCUT2D eigenvalue weighted by Gasteiger charge is 2.63. The van der Waals surface area contributed by atoms with Gasteiger partial charge in [-0.25, -0.2) is 0 Å². The van der Waals surface area contributed by atoms with E-state index >= 15 is 0 Å². The van der Waals surface area contributed by atoms with Crippen LogP contribution in [0.1, 0.15) is 60.8 Å². The summed E-state index contributed by atoms with van der Waals surface area (Å²) in [6.07, 6.45) is 5.10. The Morgan fingerprint density at radius 3 is 2.79 bits per heavy atom. The molecule has 0 radical (unpaired) electrons. The Hall–Kier alpha value is -2.63.